The molecule has 7 heteroatoms. The molecule has 0 aliphatic rings. The summed E-state index contributed by atoms with van der Waals surface area (Å²) in [6.07, 6.45) is 3.16. The first kappa shape index (κ1) is 11.8. The number of fused-ring (bicyclic) bond motifs is 1. The summed E-state index contributed by atoms with van der Waals surface area (Å²) >= 11 is 1.10. The van der Waals surface area contributed by atoms with Gasteiger partial charge in [-0.3, -0.25) is 4.79 Å². The van der Waals surface area contributed by atoms with E-state index in [0.29, 0.717) is 27.0 Å². The number of nitrogens with zero attached hydrogens (tertiary/aromatic N) is 3. The minimum absolute atomic E-state index is 0.186. The highest BCUT2D eigenvalue weighted by Gasteiger charge is 2.11. The number of nitrogen functional groups attached to an aromatic ring is 1. The van der Waals surface area contributed by atoms with E-state index in [1.807, 2.05) is 0 Å². The fourth-order valence-electron chi connectivity index (χ4n) is 1.59. The number of benzene rings is 1. The maximum Gasteiger partial charge on any atom is 0.283 e. The lowest BCUT2D eigenvalue weighted by atomic mass is 10.3. The van der Waals surface area contributed by atoms with Gasteiger partial charge in [-0.25, -0.2) is 9.97 Å². The van der Waals surface area contributed by atoms with Gasteiger partial charge >= 0.3 is 0 Å². The van der Waals surface area contributed by atoms with E-state index in [0.717, 1.165) is 11.8 Å². The highest BCUT2D eigenvalue weighted by Crippen LogP contribution is 2.27. The molecule has 6 nitrogen and oxygen atoms in total. The van der Waals surface area contributed by atoms with Crippen LogP contribution in [0.15, 0.2) is 50.1 Å². The monoisotopic (exact) mass is 274 g/mol. The number of aryl methyl sites for hydroxylation is 1. The van der Waals surface area contributed by atoms with Gasteiger partial charge < -0.3 is 14.7 Å². The van der Waals surface area contributed by atoms with Gasteiger partial charge in [0.25, 0.3) is 10.8 Å². The summed E-state index contributed by atoms with van der Waals surface area (Å²) in [6, 6.07) is 5.22. The topological polar surface area (TPSA) is 86.9 Å². The van der Waals surface area contributed by atoms with Gasteiger partial charge in [0.2, 0.25) is 0 Å². The van der Waals surface area contributed by atoms with Crippen molar-refractivity contribution < 1.29 is 4.42 Å². The van der Waals surface area contributed by atoms with Crippen molar-refractivity contribution in [2.75, 3.05) is 5.73 Å². The largest absolute Gasteiger partial charge is 0.431 e. The fourth-order valence-corrected chi connectivity index (χ4v) is 2.38. The van der Waals surface area contributed by atoms with Crippen LogP contribution < -0.4 is 11.3 Å². The van der Waals surface area contributed by atoms with Gasteiger partial charge in [0, 0.05) is 31.2 Å². The second kappa shape index (κ2) is 4.43. The minimum Gasteiger partial charge on any atom is -0.431 e. The van der Waals surface area contributed by atoms with E-state index in [1.165, 1.54) is 4.57 Å². The molecule has 19 heavy (non-hydrogen) atoms. The lowest BCUT2D eigenvalue weighted by molar-refractivity contribution is 0.489. The Hall–Kier alpha value is -2.28. The number of hydrogen-bond acceptors (Lipinski definition) is 6. The predicted octanol–water partition coefficient (Wildman–Crippen LogP) is 1.65. The summed E-state index contributed by atoms with van der Waals surface area (Å²) in [6.45, 7) is 0. The number of rotatable bonds is 2. The van der Waals surface area contributed by atoms with E-state index in [2.05, 4.69) is 9.97 Å². The third-order valence-corrected chi connectivity index (χ3v) is 3.38. The minimum atomic E-state index is -0.186. The number of anilines is 1. The molecule has 3 rings (SSSR count). The second-order valence-corrected chi connectivity index (χ2v) is 4.90. The molecule has 0 aliphatic heterocycles. The summed E-state index contributed by atoms with van der Waals surface area (Å²) in [5.41, 5.74) is 7.38. The summed E-state index contributed by atoms with van der Waals surface area (Å²) in [5, 5.41) is 0.695. The Balaban J connectivity index is 2.01. The smallest absolute Gasteiger partial charge is 0.283 e. The molecule has 0 amide bonds. The Morgan fingerprint density at radius 3 is 3.11 bits per heavy atom. The summed E-state index contributed by atoms with van der Waals surface area (Å²) in [4.78, 5) is 20.1. The summed E-state index contributed by atoms with van der Waals surface area (Å²) in [5.74, 6) is 0. The quantitative estimate of drug-likeness (QED) is 0.715. The Bertz CT molecular complexity index is 809. The molecular weight excluding hydrogens is 264 g/mol. The zero-order valence-electron chi connectivity index (χ0n) is 10.0. The molecule has 0 unspecified atom stereocenters. The lowest BCUT2D eigenvalue weighted by Gasteiger charge is -1.98. The van der Waals surface area contributed by atoms with Crippen LogP contribution in [0.25, 0.3) is 11.1 Å². The van der Waals surface area contributed by atoms with Crippen molar-refractivity contribution in [2.45, 2.75) is 10.2 Å². The first-order chi connectivity index (χ1) is 9.13. The molecule has 1 aromatic carbocycles. The van der Waals surface area contributed by atoms with Crippen LogP contribution in [0.1, 0.15) is 0 Å². The van der Waals surface area contributed by atoms with E-state index in [-0.39, 0.29) is 5.56 Å². The van der Waals surface area contributed by atoms with Crippen LogP contribution in [0.5, 0.6) is 0 Å². The van der Waals surface area contributed by atoms with Crippen LogP contribution in [0.4, 0.5) is 5.69 Å². The predicted molar refractivity (Wildman–Crippen MR) is 72.0 cm³/mol. The van der Waals surface area contributed by atoms with E-state index in [4.69, 9.17) is 10.2 Å². The normalized spacial score (nSPS) is 11.0. The van der Waals surface area contributed by atoms with Gasteiger partial charge in [-0.2, -0.15) is 0 Å². The molecule has 0 fully saturated rings. The molecule has 2 N–H and O–H groups in total. The van der Waals surface area contributed by atoms with E-state index < -0.39 is 0 Å². The first-order valence-corrected chi connectivity index (χ1v) is 6.31. The van der Waals surface area contributed by atoms with Gasteiger partial charge in [0.15, 0.2) is 10.6 Å². The van der Waals surface area contributed by atoms with Gasteiger partial charge in [0.1, 0.15) is 5.52 Å². The van der Waals surface area contributed by atoms with Crippen LogP contribution in [0, 0.1) is 0 Å². The Morgan fingerprint density at radius 1 is 1.42 bits per heavy atom. The van der Waals surface area contributed by atoms with E-state index in [9.17, 15) is 4.79 Å². The number of hydrogen-bond donors (Lipinski definition) is 1. The van der Waals surface area contributed by atoms with Crippen LogP contribution in [-0.4, -0.2) is 14.5 Å². The lowest BCUT2D eigenvalue weighted by Crippen LogP contribution is -2.18. The molecule has 0 atom stereocenters. The third-order valence-electron chi connectivity index (χ3n) is 2.56. The molecule has 0 aliphatic carbocycles. The van der Waals surface area contributed by atoms with E-state index in [1.54, 1.807) is 37.6 Å². The Morgan fingerprint density at radius 2 is 2.26 bits per heavy atom. The number of nitrogens with two attached hydrogens (primary N) is 1. The molecule has 0 spiro atoms. The van der Waals surface area contributed by atoms with E-state index >= 15 is 0 Å². The average Bonchev–Trinajstić information content (AvgIpc) is 2.76. The zero-order chi connectivity index (χ0) is 13.4. The molecule has 0 bridgehead atoms. The summed E-state index contributed by atoms with van der Waals surface area (Å²) in [7, 11) is 1.67. The van der Waals surface area contributed by atoms with Crippen molar-refractivity contribution in [3.8, 4) is 0 Å². The van der Waals surface area contributed by atoms with Crippen LogP contribution >= 0.6 is 11.8 Å². The second-order valence-electron chi connectivity index (χ2n) is 3.96. The van der Waals surface area contributed by atoms with Crippen LogP contribution in [0.2, 0.25) is 0 Å². The number of aromatic nitrogens is 3. The maximum atomic E-state index is 11.8. The van der Waals surface area contributed by atoms with Crippen molar-refractivity contribution in [3.63, 3.8) is 0 Å². The van der Waals surface area contributed by atoms with Crippen LogP contribution in [0.3, 0.4) is 0 Å². The molecule has 96 valence electrons. The Labute approximate surface area is 112 Å². The fraction of sp³-hybridized carbons (Fsp3) is 0.0833. The molecule has 2 aromatic heterocycles. The average molecular weight is 274 g/mol. The third kappa shape index (κ3) is 2.19. The van der Waals surface area contributed by atoms with Crippen molar-refractivity contribution in [1.29, 1.82) is 0 Å². The Kier molecular flexibility index (Phi) is 2.75. The molecule has 0 saturated carbocycles. The van der Waals surface area contributed by atoms with Gasteiger partial charge in [-0.1, -0.05) is 0 Å². The molecule has 3 aromatic rings. The van der Waals surface area contributed by atoms with Crippen molar-refractivity contribution >= 4 is 28.5 Å². The van der Waals surface area contributed by atoms with Crippen molar-refractivity contribution in [3.05, 3.63) is 40.9 Å². The SMILES string of the molecule is Cn1ccnc(Sc2nc3ccc(N)cc3o2)c1=O. The van der Waals surface area contributed by atoms with Gasteiger partial charge in [-0.05, 0) is 23.9 Å². The first-order valence-electron chi connectivity index (χ1n) is 5.49. The standard InChI is InChI=1S/C12H10N4O2S/c1-16-5-4-14-10(11(16)17)19-12-15-8-3-2-7(13)6-9(8)18-12/h2-6H,13H2,1H3. The molecule has 2 heterocycles. The summed E-state index contributed by atoms with van der Waals surface area (Å²) < 4.78 is 6.99. The van der Waals surface area contributed by atoms with Gasteiger partial charge in [-0.15, -0.1) is 0 Å². The van der Waals surface area contributed by atoms with Crippen LogP contribution in [-0.2, 0) is 7.05 Å². The maximum absolute atomic E-state index is 11.8. The van der Waals surface area contributed by atoms with Gasteiger partial charge in [0.05, 0.1) is 0 Å². The molecular formula is C12H10N4O2S. The zero-order valence-corrected chi connectivity index (χ0v) is 10.8. The number of oxazole rings is 1. The molecule has 0 radical (unpaired) electrons. The highest BCUT2D eigenvalue weighted by molar-refractivity contribution is 7.99. The highest BCUT2D eigenvalue weighted by atomic mass is 32.2. The van der Waals surface area contributed by atoms with Crippen molar-refractivity contribution in [2.24, 2.45) is 7.05 Å². The molecule has 0 saturated heterocycles. The van der Waals surface area contributed by atoms with Crippen molar-refractivity contribution in [1.82, 2.24) is 14.5 Å².